The number of fused-ring (bicyclic) bond motifs is 1. The number of hydrogen-bond donors (Lipinski definition) is 0. The van der Waals surface area contributed by atoms with E-state index in [1.165, 1.54) is 11.1 Å². The third-order valence-electron chi connectivity index (χ3n) is 3.15. The maximum Gasteiger partial charge on any atom is 0.0443 e. The van der Waals surface area contributed by atoms with Gasteiger partial charge in [0.25, 0.3) is 0 Å². The third kappa shape index (κ3) is 2.87. The van der Waals surface area contributed by atoms with Crippen LogP contribution in [0.5, 0.6) is 0 Å². The Balaban J connectivity index is 1.99. The van der Waals surface area contributed by atoms with Crippen molar-refractivity contribution in [2.75, 3.05) is 25.5 Å². The Labute approximate surface area is 103 Å². The van der Waals surface area contributed by atoms with E-state index in [2.05, 4.69) is 35.7 Å². The first kappa shape index (κ1) is 11.7. The second-order valence-corrected chi connectivity index (χ2v) is 4.70. The van der Waals surface area contributed by atoms with Crippen LogP contribution in [0.15, 0.2) is 36.4 Å². The molecular formula is C14H18ClN. The molecular weight excluding hydrogens is 218 g/mol. The van der Waals surface area contributed by atoms with E-state index in [4.69, 9.17) is 11.6 Å². The van der Waals surface area contributed by atoms with Crippen LogP contribution >= 0.6 is 11.6 Å². The van der Waals surface area contributed by atoms with Gasteiger partial charge in [-0.1, -0.05) is 30.8 Å². The lowest BCUT2D eigenvalue weighted by molar-refractivity contribution is 0.312. The summed E-state index contributed by atoms with van der Waals surface area (Å²) in [5, 5.41) is 0. The van der Waals surface area contributed by atoms with Gasteiger partial charge in [-0.15, -0.1) is 11.6 Å². The second-order valence-electron chi connectivity index (χ2n) is 4.43. The predicted octanol–water partition coefficient (Wildman–Crippen LogP) is 2.88. The summed E-state index contributed by atoms with van der Waals surface area (Å²) in [7, 11) is 0. The first-order valence-corrected chi connectivity index (χ1v) is 6.35. The lowest BCUT2D eigenvalue weighted by atomic mass is 10.0. The normalized spacial score (nSPS) is 16.6. The topological polar surface area (TPSA) is 3.24 Å². The molecule has 0 amide bonds. The predicted molar refractivity (Wildman–Crippen MR) is 70.2 cm³/mol. The first-order valence-electron chi connectivity index (χ1n) is 5.81. The largest absolute Gasteiger partial charge is 0.299 e. The Hall–Kier alpha value is -0.790. The zero-order valence-electron chi connectivity index (χ0n) is 9.58. The van der Waals surface area contributed by atoms with Crippen LogP contribution in [0.25, 0.3) is 0 Å². The third-order valence-corrected chi connectivity index (χ3v) is 3.53. The molecule has 1 heterocycles. The molecule has 0 radical (unpaired) electrons. The van der Waals surface area contributed by atoms with E-state index in [1.807, 2.05) is 0 Å². The number of nitrogens with zero attached hydrogens (tertiary/aromatic N) is 1. The van der Waals surface area contributed by atoms with E-state index in [0.29, 0.717) is 5.88 Å². The molecule has 1 aliphatic rings. The van der Waals surface area contributed by atoms with Gasteiger partial charge in [0.2, 0.25) is 0 Å². The summed E-state index contributed by atoms with van der Waals surface area (Å²) in [4.78, 5) is 2.45. The Morgan fingerprint density at radius 1 is 1.19 bits per heavy atom. The fourth-order valence-corrected chi connectivity index (χ4v) is 2.32. The van der Waals surface area contributed by atoms with Crippen molar-refractivity contribution in [2.24, 2.45) is 0 Å². The summed E-state index contributed by atoms with van der Waals surface area (Å²) < 4.78 is 0. The number of alkyl halides is 1. The summed E-state index contributed by atoms with van der Waals surface area (Å²) in [5.74, 6) is 0.573. The van der Waals surface area contributed by atoms with Crippen LogP contribution < -0.4 is 0 Å². The summed E-state index contributed by atoms with van der Waals surface area (Å²) in [6.45, 7) is 7.15. The minimum atomic E-state index is 0.573. The fraction of sp³-hybridized carbons (Fsp3) is 0.429. The van der Waals surface area contributed by atoms with Crippen LogP contribution in [0.3, 0.4) is 0 Å². The summed E-state index contributed by atoms with van der Waals surface area (Å²) in [6.07, 6.45) is 2.29. The van der Waals surface area contributed by atoms with Crippen LogP contribution in [0, 0.1) is 0 Å². The molecule has 0 atom stereocenters. The fourth-order valence-electron chi connectivity index (χ4n) is 2.23. The van der Waals surface area contributed by atoms with Crippen molar-refractivity contribution < 1.29 is 0 Å². The highest BCUT2D eigenvalue weighted by Crippen LogP contribution is 2.16. The Morgan fingerprint density at radius 3 is 2.25 bits per heavy atom. The number of benzene rings is 1. The molecule has 16 heavy (non-hydrogen) atoms. The van der Waals surface area contributed by atoms with E-state index >= 15 is 0 Å². The van der Waals surface area contributed by atoms with Gasteiger partial charge < -0.3 is 0 Å². The molecule has 0 saturated heterocycles. The molecule has 0 bridgehead atoms. The molecule has 1 nitrogen and oxygen atoms in total. The van der Waals surface area contributed by atoms with Gasteiger partial charge in [0.1, 0.15) is 0 Å². The van der Waals surface area contributed by atoms with Crippen molar-refractivity contribution in [1.29, 1.82) is 0 Å². The second kappa shape index (κ2) is 5.51. The van der Waals surface area contributed by atoms with Gasteiger partial charge in [-0.2, -0.15) is 0 Å². The SMILES string of the molecule is C=C(CCl)CN1CCc2ccccc2CC1. The smallest absolute Gasteiger partial charge is 0.0443 e. The van der Waals surface area contributed by atoms with Gasteiger partial charge >= 0.3 is 0 Å². The summed E-state index contributed by atoms with van der Waals surface area (Å²) in [5.41, 5.74) is 4.12. The Morgan fingerprint density at radius 2 is 1.75 bits per heavy atom. The highest BCUT2D eigenvalue weighted by Gasteiger charge is 2.13. The van der Waals surface area contributed by atoms with Gasteiger partial charge in [-0.05, 0) is 29.5 Å². The van der Waals surface area contributed by atoms with Crippen LogP contribution in [-0.2, 0) is 12.8 Å². The number of halogens is 1. The van der Waals surface area contributed by atoms with E-state index < -0.39 is 0 Å². The lowest BCUT2D eigenvalue weighted by Crippen LogP contribution is -2.28. The lowest BCUT2D eigenvalue weighted by Gasteiger charge is -2.19. The molecule has 0 spiro atoms. The van der Waals surface area contributed by atoms with E-state index in [0.717, 1.165) is 38.0 Å². The minimum Gasteiger partial charge on any atom is -0.299 e. The van der Waals surface area contributed by atoms with Crippen LogP contribution in [0.2, 0.25) is 0 Å². The molecule has 1 aliphatic heterocycles. The van der Waals surface area contributed by atoms with E-state index in [-0.39, 0.29) is 0 Å². The highest BCUT2D eigenvalue weighted by atomic mass is 35.5. The summed E-state index contributed by atoms with van der Waals surface area (Å²) >= 11 is 5.77. The van der Waals surface area contributed by atoms with Gasteiger partial charge in [0.05, 0.1) is 0 Å². The average Bonchev–Trinajstić information content (AvgIpc) is 2.52. The highest BCUT2D eigenvalue weighted by molar-refractivity contribution is 6.19. The summed E-state index contributed by atoms with van der Waals surface area (Å²) in [6, 6.07) is 8.75. The molecule has 0 unspecified atom stereocenters. The Kier molecular flexibility index (Phi) is 4.03. The monoisotopic (exact) mass is 235 g/mol. The molecule has 0 fully saturated rings. The number of hydrogen-bond acceptors (Lipinski definition) is 1. The van der Waals surface area contributed by atoms with Crippen LogP contribution in [0.1, 0.15) is 11.1 Å². The van der Waals surface area contributed by atoms with Crippen LogP contribution in [-0.4, -0.2) is 30.4 Å². The molecule has 0 aliphatic carbocycles. The molecule has 86 valence electrons. The van der Waals surface area contributed by atoms with Crippen LogP contribution in [0.4, 0.5) is 0 Å². The first-order chi connectivity index (χ1) is 7.79. The van der Waals surface area contributed by atoms with E-state index in [9.17, 15) is 0 Å². The minimum absolute atomic E-state index is 0.573. The maximum absolute atomic E-state index is 5.77. The molecule has 2 heteroatoms. The molecule has 0 saturated carbocycles. The molecule has 0 N–H and O–H groups in total. The molecule has 1 aromatic carbocycles. The quantitative estimate of drug-likeness (QED) is 0.575. The zero-order chi connectivity index (χ0) is 11.4. The number of rotatable bonds is 3. The molecule has 1 aromatic rings. The Bertz CT molecular complexity index is 346. The average molecular weight is 236 g/mol. The van der Waals surface area contributed by atoms with Crippen molar-refractivity contribution in [3.63, 3.8) is 0 Å². The van der Waals surface area contributed by atoms with E-state index in [1.54, 1.807) is 0 Å². The van der Waals surface area contributed by atoms with Gasteiger partial charge in [0.15, 0.2) is 0 Å². The van der Waals surface area contributed by atoms with Crippen molar-refractivity contribution in [3.05, 3.63) is 47.5 Å². The standard InChI is InChI=1S/C14H18ClN/c1-12(10-15)11-16-8-6-13-4-2-3-5-14(13)7-9-16/h2-5H,1,6-11H2. The molecule has 2 rings (SSSR count). The molecule has 0 aromatic heterocycles. The van der Waals surface area contributed by atoms with Gasteiger partial charge in [0, 0.05) is 25.5 Å². The zero-order valence-corrected chi connectivity index (χ0v) is 10.3. The van der Waals surface area contributed by atoms with Crippen molar-refractivity contribution >= 4 is 11.6 Å². The van der Waals surface area contributed by atoms with Gasteiger partial charge in [-0.25, -0.2) is 0 Å². The van der Waals surface area contributed by atoms with Crippen molar-refractivity contribution in [3.8, 4) is 0 Å². The van der Waals surface area contributed by atoms with Crippen molar-refractivity contribution in [1.82, 2.24) is 4.90 Å². The maximum atomic E-state index is 5.77. The van der Waals surface area contributed by atoms with Gasteiger partial charge in [-0.3, -0.25) is 4.90 Å². The van der Waals surface area contributed by atoms with Crippen molar-refractivity contribution in [2.45, 2.75) is 12.8 Å².